The molecule has 2 atom stereocenters. The molecule has 0 amide bonds. The first-order chi connectivity index (χ1) is 11.7. The number of pyridine rings is 1. The zero-order chi connectivity index (χ0) is 16.9. The van der Waals surface area contributed by atoms with Crippen molar-refractivity contribution < 1.29 is 0 Å². The average molecular weight is 380 g/mol. The molecule has 1 aliphatic heterocycles. The second kappa shape index (κ2) is 9.54. The molecule has 2 unspecified atom stereocenters. The van der Waals surface area contributed by atoms with Crippen LogP contribution in [0.2, 0.25) is 5.02 Å². The number of benzene rings is 1. The summed E-state index contributed by atoms with van der Waals surface area (Å²) in [6, 6.07) is 15.0. The summed E-state index contributed by atoms with van der Waals surface area (Å²) >= 11 is 6.09. The van der Waals surface area contributed by atoms with E-state index >= 15 is 0 Å². The molecule has 1 saturated heterocycles. The van der Waals surface area contributed by atoms with Crippen LogP contribution in [0, 0.1) is 5.92 Å². The summed E-state index contributed by atoms with van der Waals surface area (Å²) < 4.78 is 0. The van der Waals surface area contributed by atoms with Gasteiger partial charge in [0.1, 0.15) is 0 Å². The van der Waals surface area contributed by atoms with Gasteiger partial charge < -0.3 is 5.32 Å². The fourth-order valence-electron chi connectivity index (χ4n) is 3.69. The maximum absolute atomic E-state index is 6.09. The fourth-order valence-corrected chi connectivity index (χ4v) is 3.82. The molecule has 3 rings (SSSR count). The Morgan fingerprint density at radius 3 is 2.40 bits per heavy atom. The van der Waals surface area contributed by atoms with Gasteiger partial charge in [-0.3, -0.25) is 9.88 Å². The van der Waals surface area contributed by atoms with E-state index in [4.69, 9.17) is 11.6 Å². The summed E-state index contributed by atoms with van der Waals surface area (Å²) in [5.74, 6) is 0.717. The van der Waals surface area contributed by atoms with Gasteiger partial charge >= 0.3 is 0 Å². The first kappa shape index (κ1) is 20.2. The third-order valence-electron chi connectivity index (χ3n) is 5.27. The van der Waals surface area contributed by atoms with Gasteiger partial charge in [-0.1, -0.05) is 29.8 Å². The molecule has 0 saturated carbocycles. The number of aromatic nitrogens is 1. The van der Waals surface area contributed by atoms with Crippen molar-refractivity contribution in [3.63, 3.8) is 0 Å². The molecule has 1 aromatic heterocycles. The molecule has 5 heteroatoms. The van der Waals surface area contributed by atoms with Crippen LogP contribution in [0.25, 0.3) is 0 Å². The van der Waals surface area contributed by atoms with Gasteiger partial charge in [0.05, 0.1) is 11.7 Å². The highest BCUT2D eigenvalue weighted by atomic mass is 35.5. The predicted molar refractivity (Wildman–Crippen MR) is 108 cm³/mol. The fraction of sp³-hybridized carbons (Fsp3) is 0.450. The van der Waals surface area contributed by atoms with E-state index in [1.807, 2.05) is 24.4 Å². The lowest BCUT2D eigenvalue weighted by molar-refractivity contribution is 0.132. The van der Waals surface area contributed by atoms with Crippen molar-refractivity contribution in [2.75, 3.05) is 20.1 Å². The topological polar surface area (TPSA) is 28.2 Å². The maximum Gasteiger partial charge on any atom is 0.0776 e. The van der Waals surface area contributed by atoms with Crippen LogP contribution >= 0.6 is 24.0 Å². The van der Waals surface area contributed by atoms with Gasteiger partial charge in [-0.05, 0) is 75.6 Å². The second-order valence-corrected chi connectivity index (χ2v) is 7.14. The van der Waals surface area contributed by atoms with Crippen LogP contribution < -0.4 is 5.32 Å². The van der Waals surface area contributed by atoms with E-state index in [2.05, 4.69) is 53.4 Å². The molecule has 0 radical (unpaired) electrons. The molecule has 0 bridgehead atoms. The van der Waals surface area contributed by atoms with Crippen LogP contribution in [0.4, 0.5) is 0 Å². The highest BCUT2D eigenvalue weighted by Crippen LogP contribution is 2.32. The van der Waals surface area contributed by atoms with Crippen molar-refractivity contribution in [3.8, 4) is 0 Å². The predicted octanol–water partition coefficient (Wildman–Crippen LogP) is 4.57. The van der Waals surface area contributed by atoms with Gasteiger partial charge in [-0.2, -0.15) is 0 Å². The molecule has 136 valence electrons. The Morgan fingerprint density at radius 2 is 1.80 bits per heavy atom. The van der Waals surface area contributed by atoms with Crippen LogP contribution in [0.3, 0.4) is 0 Å². The number of rotatable bonds is 5. The van der Waals surface area contributed by atoms with E-state index in [0.29, 0.717) is 6.04 Å². The standard InChI is InChI=1S/C20H26ClN3.ClH/c1-15(16-10-13-22-14-11-16)24(2)20(19-5-3-4-12-23-19)17-6-8-18(21)9-7-17;/h3-9,12,15-16,20,22H,10-11,13-14H2,1-2H3;1H. The van der Waals surface area contributed by atoms with E-state index in [9.17, 15) is 0 Å². The zero-order valence-electron chi connectivity index (χ0n) is 14.9. The molecule has 0 aliphatic carbocycles. The molecule has 3 nitrogen and oxygen atoms in total. The largest absolute Gasteiger partial charge is 0.317 e. The number of nitrogens with zero attached hydrogens (tertiary/aromatic N) is 2. The Kier molecular flexibility index (Phi) is 7.70. The normalized spacial score (nSPS) is 17.8. The Balaban J connectivity index is 0.00000225. The minimum atomic E-state index is 0. The van der Waals surface area contributed by atoms with E-state index in [-0.39, 0.29) is 18.4 Å². The van der Waals surface area contributed by atoms with Gasteiger partial charge in [0.15, 0.2) is 0 Å². The number of hydrogen-bond acceptors (Lipinski definition) is 3. The average Bonchev–Trinajstić information content (AvgIpc) is 2.64. The summed E-state index contributed by atoms with van der Waals surface area (Å²) in [6.07, 6.45) is 4.35. The number of halogens is 2. The molecule has 2 aromatic rings. The first-order valence-corrected chi connectivity index (χ1v) is 9.13. The van der Waals surface area contributed by atoms with Gasteiger partial charge in [-0.25, -0.2) is 0 Å². The van der Waals surface area contributed by atoms with Gasteiger partial charge in [0.2, 0.25) is 0 Å². The van der Waals surface area contributed by atoms with Crippen LogP contribution in [-0.2, 0) is 0 Å². The van der Waals surface area contributed by atoms with Gasteiger partial charge in [0, 0.05) is 17.3 Å². The molecule has 2 heterocycles. The van der Waals surface area contributed by atoms with Crippen LogP contribution in [0.15, 0.2) is 48.7 Å². The number of hydrogen-bond donors (Lipinski definition) is 1. The molecular weight excluding hydrogens is 353 g/mol. The van der Waals surface area contributed by atoms with Crippen molar-refractivity contribution in [1.82, 2.24) is 15.2 Å². The molecule has 1 aromatic carbocycles. The first-order valence-electron chi connectivity index (χ1n) is 8.76. The minimum absolute atomic E-state index is 0. The Bertz CT molecular complexity index is 627. The van der Waals surface area contributed by atoms with Crippen LogP contribution in [0.5, 0.6) is 0 Å². The SMILES string of the molecule is CC(C1CCNCC1)N(C)C(c1ccc(Cl)cc1)c1ccccn1.Cl. The van der Waals surface area contributed by atoms with E-state index in [1.54, 1.807) is 0 Å². The smallest absolute Gasteiger partial charge is 0.0776 e. The molecule has 25 heavy (non-hydrogen) atoms. The van der Waals surface area contributed by atoms with E-state index < -0.39 is 0 Å². The van der Waals surface area contributed by atoms with E-state index in [1.165, 1.54) is 18.4 Å². The summed E-state index contributed by atoms with van der Waals surface area (Å²) in [5, 5.41) is 4.23. The lowest BCUT2D eigenvalue weighted by atomic mass is 9.88. The highest BCUT2D eigenvalue weighted by molar-refractivity contribution is 6.30. The summed E-state index contributed by atoms with van der Waals surface area (Å²) in [5.41, 5.74) is 2.32. The summed E-state index contributed by atoms with van der Waals surface area (Å²) in [6.45, 7) is 4.60. The Morgan fingerprint density at radius 1 is 1.12 bits per heavy atom. The van der Waals surface area contributed by atoms with E-state index in [0.717, 1.165) is 29.7 Å². The van der Waals surface area contributed by atoms with Crippen LogP contribution in [-0.4, -0.2) is 36.1 Å². The van der Waals surface area contributed by atoms with Gasteiger partial charge in [-0.15, -0.1) is 12.4 Å². The minimum Gasteiger partial charge on any atom is -0.317 e. The number of piperidine rings is 1. The van der Waals surface area contributed by atoms with Crippen molar-refractivity contribution in [2.24, 2.45) is 5.92 Å². The third-order valence-corrected chi connectivity index (χ3v) is 5.52. The molecule has 0 spiro atoms. The number of nitrogens with one attached hydrogen (secondary N) is 1. The van der Waals surface area contributed by atoms with Crippen LogP contribution in [0.1, 0.15) is 37.1 Å². The Hall–Kier alpha value is -1.13. The third kappa shape index (κ3) is 4.95. The van der Waals surface area contributed by atoms with Gasteiger partial charge in [0.25, 0.3) is 0 Å². The summed E-state index contributed by atoms with van der Waals surface area (Å²) in [4.78, 5) is 7.11. The zero-order valence-corrected chi connectivity index (χ0v) is 16.4. The van der Waals surface area contributed by atoms with Crippen molar-refractivity contribution >= 4 is 24.0 Å². The quantitative estimate of drug-likeness (QED) is 0.824. The molecular formula is C20H27Cl2N3. The molecule has 1 aliphatic rings. The molecule has 1 N–H and O–H groups in total. The van der Waals surface area contributed by atoms with Crippen molar-refractivity contribution in [1.29, 1.82) is 0 Å². The maximum atomic E-state index is 6.09. The monoisotopic (exact) mass is 379 g/mol. The Labute approximate surface area is 162 Å². The second-order valence-electron chi connectivity index (χ2n) is 6.70. The lowest BCUT2D eigenvalue weighted by Gasteiger charge is -2.39. The lowest BCUT2D eigenvalue weighted by Crippen LogP contribution is -2.43. The highest BCUT2D eigenvalue weighted by Gasteiger charge is 2.29. The van der Waals surface area contributed by atoms with Crippen molar-refractivity contribution in [3.05, 3.63) is 64.9 Å². The summed E-state index contributed by atoms with van der Waals surface area (Å²) in [7, 11) is 2.22. The van der Waals surface area contributed by atoms with Crippen molar-refractivity contribution in [2.45, 2.75) is 31.8 Å². The molecule has 1 fully saturated rings.